The highest BCUT2D eigenvalue weighted by Crippen LogP contribution is 2.55. The first-order valence-corrected chi connectivity index (χ1v) is 12.7. The summed E-state index contributed by atoms with van der Waals surface area (Å²) in [4.78, 5) is 41.0. The highest BCUT2D eigenvalue weighted by molar-refractivity contribution is 6.25. The fourth-order valence-corrected chi connectivity index (χ4v) is 6.59. The van der Waals surface area contributed by atoms with Gasteiger partial charge in [0.15, 0.2) is 11.4 Å². The Kier molecular flexibility index (Phi) is 6.25. The predicted octanol–water partition coefficient (Wildman–Crippen LogP) is 1.71. The van der Waals surface area contributed by atoms with E-state index in [0.717, 1.165) is 11.1 Å². The molecule has 0 saturated heterocycles. The largest absolute Gasteiger partial charge is 0.510 e. The maximum Gasteiger partial charge on any atom is 0.255 e. The van der Waals surface area contributed by atoms with E-state index in [1.165, 1.54) is 31.1 Å². The normalized spacial score (nSPS) is 29.0. The molecule has 208 valence electrons. The highest BCUT2D eigenvalue weighted by atomic mass is 16.4. The van der Waals surface area contributed by atoms with Gasteiger partial charge in [0.25, 0.3) is 5.91 Å². The molecule has 40 heavy (non-hydrogen) atoms. The van der Waals surface area contributed by atoms with Crippen molar-refractivity contribution in [3.05, 3.63) is 86.9 Å². The van der Waals surface area contributed by atoms with Gasteiger partial charge in [-0.1, -0.05) is 47.5 Å². The average molecular weight is 547 g/mol. The zero-order valence-electron chi connectivity index (χ0n) is 22.3. The molecule has 0 bridgehead atoms. The second-order valence-corrected chi connectivity index (χ2v) is 10.9. The van der Waals surface area contributed by atoms with Crippen LogP contribution in [0.2, 0.25) is 0 Å². The van der Waals surface area contributed by atoms with E-state index in [1.54, 1.807) is 12.1 Å². The number of aliphatic hydroxyl groups excluding tert-OH is 3. The van der Waals surface area contributed by atoms with E-state index in [2.05, 4.69) is 0 Å². The molecule has 0 heterocycles. The summed E-state index contributed by atoms with van der Waals surface area (Å²) in [6.07, 6.45) is -0.00347. The summed E-state index contributed by atoms with van der Waals surface area (Å²) >= 11 is 0. The number of aromatic hydroxyl groups is 1. The molecular formula is C30H30N2O8. The van der Waals surface area contributed by atoms with E-state index in [0.29, 0.717) is 16.7 Å². The Bertz CT molecular complexity index is 1580. The minimum Gasteiger partial charge on any atom is -0.510 e. The van der Waals surface area contributed by atoms with Crippen LogP contribution in [0.25, 0.3) is 11.6 Å². The minimum atomic E-state index is -2.97. The first-order valence-electron chi connectivity index (χ1n) is 12.7. The molecule has 5 rings (SSSR count). The van der Waals surface area contributed by atoms with Crippen molar-refractivity contribution in [3.63, 3.8) is 0 Å². The van der Waals surface area contributed by atoms with Crippen molar-refractivity contribution in [2.45, 2.75) is 31.6 Å². The van der Waals surface area contributed by atoms with Crippen LogP contribution in [0.15, 0.2) is 59.1 Å². The maximum atomic E-state index is 13.9. The number of Topliss-reactive ketones (excluding diaryl/α,β-unsaturated/α-hetero) is 2. The molecule has 10 heteroatoms. The molecule has 0 radical (unpaired) electrons. The number of ketones is 2. The standard InChI is InChI=1S/C30H30N2O8/c1-12-8-13(2)10-14(9-12)11-16-15-6-5-7-17(33)18(15)24(34)20-19(16)25(35)22-23(32(3)4)26(36)21(29(31)39)28(38)30(22,40)27(20)37/h5-11,19,22-23,25,33,35-37,40H,1-4H3,(H2,31,39)/b16-11+/t19-,22-,23+,25+,30+/m0/s1. The average Bonchev–Trinajstić information content (AvgIpc) is 2.84. The SMILES string of the molecule is Cc1cc(C)cc(/C=C2\c3cccc(O)c3C(=O)C3=C(O)[C@@]4(O)C(=O)C(C(N)=O)=C(O)[C@H](N(C)C)[C@H]4[C@H](O)[C@H]32)c1. The number of rotatable bonds is 3. The first kappa shape index (κ1) is 27.3. The van der Waals surface area contributed by atoms with Crippen molar-refractivity contribution in [1.82, 2.24) is 4.90 Å². The van der Waals surface area contributed by atoms with Gasteiger partial charge in [-0.25, -0.2) is 0 Å². The van der Waals surface area contributed by atoms with E-state index in [-0.39, 0.29) is 5.56 Å². The van der Waals surface area contributed by atoms with Crippen LogP contribution >= 0.6 is 0 Å². The molecule has 10 nitrogen and oxygen atoms in total. The maximum absolute atomic E-state index is 13.9. The van der Waals surface area contributed by atoms with Crippen molar-refractivity contribution in [2.75, 3.05) is 14.1 Å². The molecule has 2 aromatic rings. The molecule has 0 unspecified atom stereocenters. The Morgan fingerprint density at radius 3 is 2.25 bits per heavy atom. The highest BCUT2D eigenvalue weighted by Gasteiger charge is 2.67. The Morgan fingerprint density at radius 1 is 1.05 bits per heavy atom. The molecule has 7 N–H and O–H groups in total. The van der Waals surface area contributed by atoms with Gasteiger partial charge in [0.1, 0.15) is 22.8 Å². The van der Waals surface area contributed by atoms with Gasteiger partial charge in [-0.05, 0) is 50.7 Å². The number of hydrogen-bond donors (Lipinski definition) is 6. The Morgan fingerprint density at radius 2 is 1.68 bits per heavy atom. The zero-order valence-corrected chi connectivity index (χ0v) is 22.3. The number of nitrogens with two attached hydrogens (primary N) is 1. The summed E-state index contributed by atoms with van der Waals surface area (Å²) in [5.41, 5.74) is 4.06. The quantitative estimate of drug-likeness (QED) is 0.312. The summed E-state index contributed by atoms with van der Waals surface area (Å²) in [6.45, 7) is 3.82. The van der Waals surface area contributed by atoms with Crippen LogP contribution in [0.3, 0.4) is 0 Å². The van der Waals surface area contributed by atoms with Crippen LogP contribution in [-0.4, -0.2) is 79.7 Å². The lowest BCUT2D eigenvalue weighted by molar-refractivity contribution is -0.159. The third-order valence-electron chi connectivity index (χ3n) is 8.10. The van der Waals surface area contributed by atoms with Gasteiger partial charge in [0.05, 0.1) is 29.2 Å². The molecule has 0 aromatic heterocycles. The lowest BCUT2D eigenvalue weighted by Crippen LogP contribution is -2.68. The van der Waals surface area contributed by atoms with Crippen molar-refractivity contribution < 1.29 is 39.9 Å². The molecule has 0 aliphatic heterocycles. The number of phenolic OH excluding ortho intramolecular Hbond substituents is 1. The number of aliphatic hydroxyl groups is 4. The van der Waals surface area contributed by atoms with Gasteiger partial charge in [-0.3, -0.25) is 19.3 Å². The first-order chi connectivity index (χ1) is 18.7. The summed E-state index contributed by atoms with van der Waals surface area (Å²) < 4.78 is 0. The molecule has 0 spiro atoms. The third-order valence-corrected chi connectivity index (χ3v) is 8.10. The number of carbonyl (C=O) groups excluding carboxylic acids is 3. The number of primary amides is 1. The minimum absolute atomic E-state index is 0.175. The smallest absolute Gasteiger partial charge is 0.255 e. The summed E-state index contributed by atoms with van der Waals surface area (Å²) in [5, 5.41) is 57.1. The van der Waals surface area contributed by atoms with Crippen LogP contribution in [0.1, 0.15) is 32.6 Å². The number of phenols is 1. The summed E-state index contributed by atoms with van der Waals surface area (Å²) in [5.74, 6) is -8.77. The number of amides is 1. The van der Waals surface area contributed by atoms with Crippen LogP contribution < -0.4 is 5.73 Å². The Hall–Kier alpha value is -4.25. The number of benzene rings is 2. The molecule has 3 aliphatic carbocycles. The molecule has 2 aromatic carbocycles. The predicted molar refractivity (Wildman–Crippen MR) is 145 cm³/mol. The van der Waals surface area contributed by atoms with Crippen molar-refractivity contribution in [2.24, 2.45) is 17.6 Å². The molecule has 3 aliphatic rings. The van der Waals surface area contributed by atoms with Gasteiger partial charge in [-0.2, -0.15) is 0 Å². The van der Waals surface area contributed by atoms with Gasteiger partial charge < -0.3 is 31.3 Å². The summed E-state index contributed by atoms with van der Waals surface area (Å²) in [7, 11) is 2.98. The van der Waals surface area contributed by atoms with Gasteiger partial charge in [-0.15, -0.1) is 0 Å². The van der Waals surface area contributed by atoms with Gasteiger partial charge in [0, 0.05) is 5.92 Å². The van der Waals surface area contributed by atoms with Crippen molar-refractivity contribution in [1.29, 1.82) is 0 Å². The Balaban J connectivity index is 1.88. The number of likely N-dealkylation sites (N-methyl/N-ethyl adjacent to an activating group) is 1. The van der Waals surface area contributed by atoms with Crippen LogP contribution in [0.4, 0.5) is 0 Å². The van der Waals surface area contributed by atoms with Gasteiger partial charge in [0.2, 0.25) is 5.78 Å². The number of hydrogen-bond acceptors (Lipinski definition) is 9. The van der Waals surface area contributed by atoms with Crippen molar-refractivity contribution >= 4 is 29.1 Å². The molecule has 0 saturated carbocycles. The number of nitrogens with zero attached hydrogens (tertiary/aromatic N) is 1. The molecule has 1 amide bonds. The van der Waals surface area contributed by atoms with Crippen molar-refractivity contribution in [3.8, 4) is 5.75 Å². The van der Waals surface area contributed by atoms with E-state index in [4.69, 9.17) is 5.73 Å². The molecule has 0 fully saturated rings. The van der Waals surface area contributed by atoms with E-state index >= 15 is 0 Å². The molecule has 5 atom stereocenters. The zero-order chi connectivity index (χ0) is 29.4. The fourth-order valence-electron chi connectivity index (χ4n) is 6.59. The second-order valence-electron chi connectivity index (χ2n) is 10.9. The third kappa shape index (κ3) is 3.64. The van der Waals surface area contributed by atoms with Gasteiger partial charge >= 0.3 is 0 Å². The van der Waals surface area contributed by atoms with Crippen LogP contribution in [0, 0.1) is 25.7 Å². The number of aryl methyl sites for hydroxylation is 2. The van der Waals surface area contributed by atoms with Crippen LogP contribution in [-0.2, 0) is 9.59 Å². The lowest BCUT2D eigenvalue weighted by atomic mass is 9.56. The van der Waals surface area contributed by atoms with E-state index in [9.17, 15) is 39.9 Å². The van der Waals surface area contributed by atoms with E-state index < -0.39 is 75.5 Å². The molecular weight excluding hydrogens is 516 g/mol. The van der Waals surface area contributed by atoms with Crippen LogP contribution in [0.5, 0.6) is 5.75 Å². The fraction of sp³-hybridized carbons (Fsp3) is 0.300. The van der Waals surface area contributed by atoms with E-state index in [1.807, 2.05) is 32.0 Å². The number of carbonyl (C=O) groups is 3. The number of fused-ring (bicyclic) bond motifs is 3. The second kappa shape index (κ2) is 9.16. The Labute approximate surface area is 230 Å². The monoisotopic (exact) mass is 546 g/mol. The lowest BCUT2D eigenvalue weighted by Gasteiger charge is -2.52. The summed E-state index contributed by atoms with van der Waals surface area (Å²) in [6, 6.07) is 8.83. The topological polar surface area (TPSA) is 182 Å².